The van der Waals surface area contributed by atoms with Gasteiger partial charge in [0, 0.05) is 13.6 Å². The summed E-state index contributed by atoms with van der Waals surface area (Å²) in [7, 11) is 1.75. The zero-order chi connectivity index (χ0) is 22.9. The van der Waals surface area contributed by atoms with Crippen LogP contribution in [0.25, 0.3) is 0 Å². The van der Waals surface area contributed by atoms with E-state index in [2.05, 4.69) is 4.90 Å². The number of rotatable bonds is 6. The van der Waals surface area contributed by atoms with Gasteiger partial charge in [0.05, 0.1) is 6.04 Å². The molecule has 2 atom stereocenters. The SMILES string of the molecule is CC1C(CCN2CCC(C(O)(c3ccc(F)cc3)c3ccc(F)cc3)CC2)OC(=O)N1C. The Hall–Kier alpha value is -2.51. The number of amides is 1. The molecule has 1 amide bonds. The molecule has 0 saturated carbocycles. The summed E-state index contributed by atoms with van der Waals surface area (Å²) in [6.07, 6.45) is 1.86. The van der Waals surface area contributed by atoms with Crippen molar-refractivity contribution in [3.63, 3.8) is 0 Å². The van der Waals surface area contributed by atoms with Crippen LogP contribution in [0, 0.1) is 17.6 Å². The highest BCUT2D eigenvalue weighted by Crippen LogP contribution is 2.42. The number of likely N-dealkylation sites (N-methyl/N-ethyl adjacent to an activating group) is 1. The molecule has 2 fully saturated rings. The van der Waals surface area contributed by atoms with Crippen LogP contribution in [-0.4, -0.2) is 59.8 Å². The van der Waals surface area contributed by atoms with Gasteiger partial charge in [-0.25, -0.2) is 13.6 Å². The average molecular weight is 445 g/mol. The fourth-order valence-corrected chi connectivity index (χ4v) is 4.96. The molecule has 2 aliphatic rings. The Balaban J connectivity index is 1.45. The molecule has 1 N–H and O–H groups in total. The third-order valence-electron chi connectivity index (χ3n) is 7.17. The number of halogens is 2. The first kappa shape index (κ1) is 22.7. The number of carbonyl (C=O) groups is 1. The number of hydrogen-bond donors (Lipinski definition) is 1. The number of aliphatic hydroxyl groups is 1. The first-order valence-corrected chi connectivity index (χ1v) is 11.2. The van der Waals surface area contributed by atoms with Crippen molar-refractivity contribution >= 4 is 6.09 Å². The number of benzene rings is 2. The Labute approximate surface area is 187 Å². The quantitative estimate of drug-likeness (QED) is 0.728. The standard InChI is InChI=1S/C25H30F2N2O3/c1-17-23(32-24(30)28(17)2)13-16-29-14-11-20(12-15-29)25(31,18-3-7-21(26)8-4-18)19-5-9-22(27)10-6-19/h3-10,17,20,23,31H,11-16H2,1-2H3. The summed E-state index contributed by atoms with van der Waals surface area (Å²) in [5, 5.41) is 11.9. The number of cyclic esters (lactones) is 1. The molecule has 5 nitrogen and oxygen atoms in total. The Morgan fingerprint density at radius 1 is 1.00 bits per heavy atom. The van der Waals surface area contributed by atoms with Gasteiger partial charge in [0.25, 0.3) is 0 Å². The molecule has 172 valence electrons. The van der Waals surface area contributed by atoms with E-state index in [1.165, 1.54) is 24.3 Å². The van der Waals surface area contributed by atoms with Crippen molar-refractivity contribution in [2.45, 2.75) is 43.9 Å². The highest BCUT2D eigenvalue weighted by molar-refractivity contribution is 5.70. The van der Waals surface area contributed by atoms with Crippen molar-refractivity contribution in [1.29, 1.82) is 0 Å². The molecule has 0 radical (unpaired) electrons. The number of piperidine rings is 1. The van der Waals surface area contributed by atoms with Gasteiger partial charge in [0.15, 0.2) is 0 Å². The van der Waals surface area contributed by atoms with Crippen LogP contribution in [0.4, 0.5) is 13.6 Å². The maximum Gasteiger partial charge on any atom is 0.410 e. The second kappa shape index (κ2) is 9.16. The van der Waals surface area contributed by atoms with Crippen LogP contribution in [-0.2, 0) is 10.3 Å². The molecule has 0 spiro atoms. The molecule has 2 aromatic carbocycles. The Morgan fingerprint density at radius 3 is 1.94 bits per heavy atom. The van der Waals surface area contributed by atoms with Crippen molar-refractivity contribution in [2.75, 3.05) is 26.7 Å². The maximum absolute atomic E-state index is 13.5. The minimum absolute atomic E-state index is 0.0575. The normalized spacial score (nSPS) is 22.9. The highest BCUT2D eigenvalue weighted by Gasteiger charge is 2.42. The van der Waals surface area contributed by atoms with Crippen LogP contribution in [0.15, 0.2) is 48.5 Å². The van der Waals surface area contributed by atoms with Crippen molar-refractivity contribution in [1.82, 2.24) is 9.80 Å². The van der Waals surface area contributed by atoms with Gasteiger partial charge in [-0.1, -0.05) is 24.3 Å². The summed E-state index contributed by atoms with van der Waals surface area (Å²) in [5.41, 5.74) is -0.108. The molecule has 2 heterocycles. The summed E-state index contributed by atoms with van der Waals surface area (Å²) >= 11 is 0. The van der Waals surface area contributed by atoms with E-state index in [1.807, 2.05) is 6.92 Å². The second-order valence-corrected chi connectivity index (χ2v) is 8.96. The lowest BCUT2D eigenvalue weighted by atomic mass is 9.72. The minimum atomic E-state index is -1.33. The second-order valence-electron chi connectivity index (χ2n) is 8.96. The molecule has 32 heavy (non-hydrogen) atoms. The lowest BCUT2D eigenvalue weighted by Crippen LogP contribution is -2.45. The zero-order valence-electron chi connectivity index (χ0n) is 18.5. The molecular weight excluding hydrogens is 414 g/mol. The molecular formula is C25H30F2N2O3. The molecule has 2 aliphatic heterocycles. The van der Waals surface area contributed by atoms with Gasteiger partial charge in [-0.15, -0.1) is 0 Å². The Kier molecular flexibility index (Phi) is 6.49. The van der Waals surface area contributed by atoms with Crippen molar-refractivity contribution in [3.05, 3.63) is 71.3 Å². The van der Waals surface area contributed by atoms with Gasteiger partial charge in [-0.05, 0) is 80.6 Å². The van der Waals surface area contributed by atoms with Crippen molar-refractivity contribution in [2.24, 2.45) is 5.92 Å². The topological polar surface area (TPSA) is 53.0 Å². The number of hydrogen-bond acceptors (Lipinski definition) is 4. The van der Waals surface area contributed by atoms with Gasteiger partial charge in [-0.3, -0.25) is 0 Å². The highest BCUT2D eigenvalue weighted by atomic mass is 19.1. The predicted molar refractivity (Wildman–Crippen MR) is 117 cm³/mol. The van der Waals surface area contributed by atoms with Crippen LogP contribution < -0.4 is 0 Å². The van der Waals surface area contributed by atoms with E-state index in [0.29, 0.717) is 11.1 Å². The van der Waals surface area contributed by atoms with Gasteiger partial charge >= 0.3 is 6.09 Å². The molecule has 0 aromatic heterocycles. The maximum atomic E-state index is 13.5. The van der Waals surface area contributed by atoms with E-state index in [0.717, 1.165) is 38.9 Å². The van der Waals surface area contributed by atoms with Crippen LogP contribution in [0.5, 0.6) is 0 Å². The summed E-state index contributed by atoms with van der Waals surface area (Å²) in [6, 6.07) is 11.9. The van der Waals surface area contributed by atoms with Crippen LogP contribution in [0.1, 0.15) is 37.3 Å². The van der Waals surface area contributed by atoms with Gasteiger partial charge in [0.2, 0.25) is 0 Å². The predicted octanol–water partition coefficient (Wildman–Crippen LogP) is 4.14. The van der Waals surface area contributed by atoms with Crippen LogP contribution >= 0.6 is 0 Å². The summed E-state index contributed by atoms with van der Waals surface area (Å²) < 4.78 is 32.5. The number of nitrogens with zero attached hydrogens (tertiary/aromatic N) is 2. The monoisotopic (exact) mass is 444 g/mol. The third-order valence-corrected chi connectivity index (χ3v) is 7.17. The summed E-state index contributed by atoms with van der Waals surface area (Å²) in [5.74, 6) is -0.820. The summed E-state index contributed by atoms with van der Waals surface area (Å²) in [4.78, 5) is 15.7. The largest absolute Gasteiger partial charge is 0.444 e. The minimum Gasteiger partial charge on any atom is -0.444 e. The molecule has 2 unspecified atom stereocenters. The first-order chi connectivity index (χ1) is 15.3. The number of likely N-dealkylation sites (tertiary alicyclic amines) is 1. The third kappa shape index (κ3) is 4.36. The van der Waals surface area contributed by atoms with E-state index in [1.54, 1.807) is 36.2 Å². The first-order valence-electron chi connectivity index (χ1n) is 11.2. The van der Waals surface area contributed by atoms with E-state index in [9.17, 15) is 18.7 Å². The number of carbonyl (C=O) groups excluding carboxylic acids is 1. The average Bonchev–Trinajstić information content (AvgIpc) is 3.05. The van der Waals surface area contributed by atoms with Gasteiger partial charge in [-0.2, -0.15) is 0 Å². The molecule has 2 aromatic rings. The Morgan fingerprint density at radius 2 is 1.50 bits per heavy atom. The molecule has 7 heteroatoms. The van der Waals surface area contributed by atoms with Gasteiger partial charge in [0.1, 0.15) is 23.3 Å². The lowest BCUT2D eigenvalue weighted by Gasteiger charge is -2.42. The Bertz CT molecular complexity index is 882. The van der Waals surface area contributed by atoms with Crippen molar-refractivity contribution < 1.29 is 23.4 Å². The van der Waals surface area contributed by atoms with Gasteiger partial charge < -0.3 is 19.6 Å². The molecule has 4 rings (SSSR count). The zero-order valence-corrected chi connectivity index (χ0v) is 18.5. The molecule has 2 saturated heterocycles. The van der Waals surface area contributed by atoms with Crippen LogP contribution in [0.3, 0.4) is 0 Å². The van der Waals surface area contributed by atoms with Crippen LogP contribution in [0.2, 0.25) is 0 Å². The number of ether oxygens (including phenoxy) is 1. The fourth-order valence-electron chi connectivity index (χ4n) is 4.96. The van der Waals surface area contributed by atoms with E-state index in [4.69, 9.17) is 4.74 Å². The molecule has 0 aliphatic carbocycles. The van der Waals surface area contributed by atoms with Crippen molar-refractivity contribution in [3.8, 4) is 0 Å². The smallest absolute Gasteiger partial charge is 0.410 e. The fraction of sp³-hybridized carbons (Fsp3) is 0.480. The van der Waals surface area contributed by atoms with E-state index >= 15 is 0 Å². The lowest BCUT2D eigenvalue weighted by molar-refractivity contribution is -0.0157. The molecule has 0 bridgehead atoms. The van der Waals surface area contributed by atoms with E-state index < -0.39 is 5.60 Å². The summed E-state index contributed by atoms with van der Waals surface area (Å²) in [6.45, 7) is 4.39. The van der Waals surface area contributed by atoms with E-state index in [-0.39, 0.29) is 35.8 Å².